The zero-order valence-corrected chi connectivity index (χ0v) is 14.5. The minimum absolute atomic E-state index is 0.0952. The molecule has 0 radical (unpaired) electrons. The van der Waals surface area contributed by atoms with Gasteiger partial charge in [-0.05, 0) is 43.5 Å². The highest BCUT2D eigenvalue weighted by Crippen LogP contribution is 2.28. The van der Waals surface area contributed by atoms with Crippen molar-refractivity contribution >= 4 is 6.03 Å². The average molecular weight is 333 g/mol. The molecule has 0 spiro atoms. The molecule has 0 bridgehead atoms. The van der Waals surface area contributed by atoms with Crippen molar-refractivity contribution in [1.82, 2.24) is 15.5 Å². The number of carbonyl (C=O) groups excluding carboxylic acids is 1. The Bertz CT molecular complexity index is 579. The summed E-state index contributed by atoms with van der Waals surface area (Å²) in [5, 5.41) is 6.10. The molecule has 24 heavy (non-hydrogen) atoms. The van der Waals surface area contributed by atoms with Gasteiger partial charge < -0.3 is 20.1 Å². The van der Waals surface area contributed by atoms with Gasteiger partial charge in [-0.15, -0.1) is 0 Å². The van der Waals surface area contributed by atoms with Crippen molar-refractivity contribution in [2.45, 2.75) is 44.3 Å². The van der Waals surface area contributed by atoms with Gasteiger partial charge in [-0.3, -0.25) is 4.90 Å². The molecular formula is C18H27N3O3. The second kappa shape index (κ2) is 7.75. The van der Waals surface area contributed by atoms with Crippen LogP contribution in [0.25, 0.3) is 0 Å². The largest absolute Gasteiger partial charge is 0.493 e. The molecule has 6 nitrogen and oxygen atoms in total. The fraction of sp³-hybridized carbons (Fsp3) is 0.611. The molecule has 3 rings (SSSR count). The summed E-state index contributed by atoms with van der Waals surface area (Å²) in [6.07, 6.45) is 4.80. The maximum atomic E-state index is 12.2. The molecule has 132 valence electrons. The Morgan fingerprint density at radius 1 is 1.17 bits per heavy atom. The molecule has 2 atom stereocenters. The van der Waals surface area contributed by atoms with Crippen molar-refractivity contribution in [3.8, 4) is 11.5 Å². The fourth-order valence-electron chi connectivity index (χ4n) is 3.81. The number of hydrogen-bond donors (Lipinski definition) is 2. The van der Waals surface area contributed by atoms with Gasteiger partial charge in [0, 0.05) is 25.2 Å². The maximum Gasteiger partial charge on any atom is 0.315 e. The zero-order chi connectivity index (χ0) is 16.9. The van der Waals surface area contributed by atoms with Gasteiger partial charge in [0.2, 0.25) is 0 Å². The normalized spacial score (nSPS) is 23.4. The van der Waals surface area contributed by atoms with Gasteiger partial charge in [-0.1, -0.05) is 12.5 Å². The summed E-state index contributed by atoms with van der Waals surface area (Å²) < 4.78 is 10.5. The van der Waals surface area contributed by atoms with Crippen LogP contribution in [0.4, 0.5) is 4.79 Å². The molecule has 1 aromatic carbocycles. The Labute approximate surface area is 143 Å². The smallest absolute Gasteiger partial charge is 0.315 e. The van der Waals surface area contributed by atoms with Crippen molar-refractivity contribution in [2.75, 3.05) is 27.3 Å². The number of nitrogens with one attached hydrogen (secondary N) is 2. The number of fused-ring (bicyclic) bond motifs is 1. The lowest BCUT2D eigenvalue weighted by Gasteiger charge is -2.32. The number of benzene rings is 1. The monoisotopic (exact) mass is 333 g/mol. The number of amides is 2. The summed E-state index contributed by atoms with van der Waals surface area (Å²) in [5.41, 5.74) is 0.980. The van der Waals surface area contributed by atoms with Crippen LogP contribution >= 0.6 is 0 Å². The Kier molecular flexibility index (Phi) is 5.45. The van der Waals surface area contributed by atoms with Crippen LogP contribution in [0.15, 0.2) is 18.2 Å². The van der Waals surface area contributed by atoms with Gasteiger partial charge in [0.05, 0.1) is 14.2 Å². The summed E-state index contributed by atoms with van der Waals surface area (Å²) >= 11 is 0. The van der Waals surface area contributed by atoms with Crippen molar-refractivity contribution in [1.29, 1.82) is 0 Å². The van der Waals surface area contributed by atoms with Gasteiger partial charge in [0.1, 0.15) is 0 Å². The van der Waals surface area contributed by atoms with E-state index in [2.05, 4.69) is 15.5 Å². The number of hydrogen-bond acceptors (Lipinski definition) is 4. The number of methoxy groups -OCH3 is 2. The predicted octanol–water partition coefficient (Wildman–Crippen LogP) is 2.13. The summed E-state index contributed by atoms with van der Waals surface area (Å²) in [5.74, 6) is 1.36. The standard InChI is InChI=1S/C18H27N3O3/c1-23-16-7-6-13(11-17(16)24-2)12-19-18(22)20-14-8-10-21-9-4-3-5-15(14)21/h6-7,11,14-15H,3-5,8-10,12H2,1-2H3,(H2,19,20,22). The molecule has 2 heterocycles. The molecule has 2 amide bonds. The van der Waals surface area contributed by atoms with Crippen LogP contribution in [-0.4, -0.2) is 50.3 Å². The van der Waals surface area contributed by atoms with Crippen LogP contribution in [0.1, 0.15) is 31.2 Å². The second-order valence-electron chi connectivity index (χ2n) is 6.51. The van der Waals surface area contributed by atoms with Crippen molar-refractivity contribution in [3.63, 3.8) is 0 Å². The van der Waals surface area contributed by atoms with Gasteiger partial charge in [-0.2, -0.15) is 0 Å². The van der Waals surface area contributed by atoms with E-state index in [9.17, 15) is 4.79 Å². The van der Waals surface area contributed by atoms with E-state index in [0.29, 0.717) is 24.1 Å². The highest BCUT2D eigenvalue weighted by molar-refractivity contribution is 5.74. The van der Waals surface area contributed by atoms with Crippen molar-refractivity contribution < 1.29 is 14.3 Å². The molecule has 0 saturated carbocycles. The Morgan fingerprint density at radius 3 is 2.79 bits per heavy atom. The van der Waals surface area contributed by atoms with E-state index in [1.54, 1.807) is 14.2 Å². The lowest BCUT2D eigenvalue weighted by molar-refractivity contribution is 0.179. The molecular weight excluding hydrogens is 306 g/mol. The molecule has 2 aliphatic heterocycles. The van der Waals surface area contributed by atoms with Crippen LogP contribution in [0.3, 0.4) is 0 Å². The number of carbonyl (C=O) groups is 1. The molecule has 1 aromatic rings. The van der Waals surface area contributed by atoms with Gasteiger partial charge in [0.15, 0.2) is 11.5 Å². The molecule has 0 aliphatic carbocycles. The quantitative estimate of drug-likeness (QED) is 0.866. The number of ether oxygens (including phenoxy) is 2. The SMILES string of the molecule is COc1ccc(CNC(=O)NC2CCN3CCCCC23)cc1OC. The van der Waals surface area contributed by atoms with Crippen LogP contribution in [0.5, 0.6) is 11.5 Å². The number of urea groups is 1. The van der Waals surface area contributed by atoms with Gasteiger partial charge >= 0.3 is 6.03 Å². The first-order valence-corrected chi connectivity index (χ1v) is 8.70. The minimum Gasteiger partial charge on any atom is -0.493 e. The first kappa shape index (κ1) is 16.9. The van der Waals surface area contributed by atoms with E-state index < -0.39 is 0 Å². The zero-order valence-electron chi connectivity index (χ0n) is 14.5. The lowest BCUT2D eigenvalue weighted by atomic mass is 9.99. The fourth-order valence-corrected chi connectivity index (χ4v) is 3.81. The predicted molar refractivity (Wildman–Crippen MR) is 92.5 cm³/mol. The van der Waals surface area contributed by atoms with E-state index in [1.165, 1.54) is 25.8 Å². The third-order valence-electron chi connectivity index (χ3n) is 5.07. The van der Waals surface area contributed by atoms with Crippen molar-refractivity contribution in [2.24, 2.45) is 0 Å². The highest BCUT2D eigenvalue weighted by Gasteiger charge is 2.36. The van der Waals surface area contributed by atoms with E-state index >= 15 is 0 Å². The summed E-state index contributed by atoms with van der Waals surface area (Å²) in [7, 11) is 3.22. The first-order valence-electron chi connectivity index (χ1n) is 8.70. The molecule has 2 unspecified atom stereocenters. The van der Waals surface area contributed by atoms with Gasteiger partial charge in [-0.25, -0.2) is 4.79 Å². The van der Waals surface area contributed by atoms with E-state index in [4.69, 9.17) is 9.47 Å². The number of rotatable bonds is 5. The molecule has 6 heteroatoms. The van der Waals surface area contributed by atoms with Crippen LogP contribution in [-0.2, 0) is 6.54 Å². The number of piperidine rings is 1. The Balaban J connectivity index is 1.50. The summed E-state index contributed by atoms with van der Waals surface area (Å²) in [6, 6.07) is 6.37. The molecule has 0 aromatic heterocycles. The molecule has 2 saturated heterocycles. The topological polar surface area (TPSA) is 62.8 Å². The summed E-state index contributed by atoms with van der Waals surface area (Å²) in [4.78, 5) is 14.7. The molecule has 2 aliphatic rings. The maximum absolute atomic E-state index is 12.2. The minimum atomic E-state index is -0.0952. The Morgan fingerprint density at radius 2 is 2.00 bits per heavy atom. The number of nitrogens with zero attached hydrogens (tertiary/aromatic N) is 1. The third kappa shape index (κ3) is 3.75. The third-order valence-corrected chi connectivity index (χ3v) is 5.07. The van der Waals surface area contributed by atoms with E-state index in [-0.39, 0.29) is 12.1 Å². The van der Waals surface area contributed by atoms with Crippen LogP contribution in [0, 0.1) is 0 Å². The Hall–Kier alpha value is -1.95. The average Bonchev–Trinajstić information content (AvgIpc) is 3.02. The van der Waals surface area contributed by atoms with Crippen LogP contribution < -0.4 is 20.1 Å². The first-order chi connectivity index (χ1) is 11.7. The van der Waals surface area contributed by atoms with Crippen LogP contribution in [0.2, 0.25) is 0 Å². The second-order valence-corrected chi connectivity index (χ2v) is 6.51. The van der Waals surface area contributed by atoms with Crippen molar-refractivity contribution in [3.05, 3.63) is 23.8 Å². The summed E-state index contributed by atoms with van der Waals surface area (Å²) in [6.45, 7) is 2.74. The highest BCUT2D eigenvalue weighted by atomic mass is 16.5. The molecule has 2 fully saturated rings. The van der Waals surface area contributed by atoms with Gasteiger partial charge in [0.25, 0.3) is 0 Å². The molecule has 2 N–H and O–H groups in total. The van der Waals surface area contributed by atoms with E-state index in [0.717, 1.165) is 18.5 Å². The lowest BCUT2D eigenvalue weighted by Crippen LogP contribution is -2.49. The van der Waals surface area contributed by atoms with E-state index in [1.807, 2.05) is 18.2 Å².